The molecule has 0 atom stereocenters. The maximum absolute atomic E-state index is 11.4. The fraction of sp³-hybridized carbons (Fsp3) is 0.462. The zero-order valence-corrected chi connectivity index (χ0v) is 9.93. The van der Waals surface area contributed by atoms with Gasteiger partial charge in [0.05, 0.1) is 7.11 Å². The molecule has 1 aromatic carbocycles. The van der Waals surface area contributed by atoms with Crippen molar-refractivity contribution in [3.63, 3.8) is 0 Å². The first-order valence-electron chi connectivity index (χ1n) is 5.76. The van der Waals surface area contributed by atoms with E-state index in [0.717, 1.165) is 5.69 Å². The van der Waals surface area contributed by atoms with E-state index in [0.29, 0.717) is 25.9 Å². The van der Waals surface area contributed by atoms with Crippen LogP contribution in [0.1, 0.15) is 12.8 Å². The molecule has 2 rings (SSSR count). The number of hydrogen-bond acceptors (Lipinski definition) is 4. The molecular formula is C13H17NO3. The van der Waals surface area contributed by atoms with Crippen molar-refractivity contribution in [2.75, 3.05) is 25.1 Å². The monoisotopic (exact) mass is 235 g/mol. The molecule has 1 saturated heterocycles. The lowest BCUT2D eigenvalue weighted by atomic mass is 9.91. The Bertz CT molecular complexity index is 383. The maximum Gasteiger partial charge on any atom is 0.337 e. The van der Waals surface area contributed by atoms with Crippen molar-refractivity contribution in [3.05, 3.63) is 30.3 Å². The quantitative estimate of drug-likeness (QED) is 0.782. The minimum Gasteiger partial charge on any atom is -0.467 e. The van der Waals surface area contributed by atoms with E-state index in [1.165, 1.54) is 7.11 Å². The highest BCUT2D eigenvalue weighted by Crippen LogP contribution is 2.26. The summed E-state index contributed by atoms with van der Waals surface area (Å²) >= 11 is 0. The van der Waals surface area contributed by atoms with Gasteiger partial charge < -0.3 is 14.7 Å². The van der Waals surface area contributed by atoms with E-state index in [9.17, 15) is 9.90 Å². The van der Waals surface area contributed by atoms with Crippen molar-refractivity contribution < 1.29 is 14.6 Å². The Morgan fingerprint density at radius 1 is 1.29 bits per heavy atom. The van der Waals surface area contributed by atoms with E-state index >= 15 is 0 Å². The van der Waals surface area contributed by atoms with Crippen molar-refractivity contribution in [1.29, 1.82) is 0 Å². The molecule has 1 aromatic rings. The standard InChI is InChI=1S/C13H17NO3/c1-17-12(15)13(16)7-9-14(10-8-13)11-5-3-2-4-6-11/h2-6,16H,7-10H2,1H3. The Morgan fingerprint density at radius 2 is 1.88 bits per heavy atom. The third-order valence-electron chi connectivity index (χ3n) is 3.28. The van der Waals surface area contributed by atoms with E-state index < -0.39 is 11.6 Å². The highest BCUT2D eigenvalue weighted by Gasteiger charge is 2.40. The molecule has 4 heteroatoms. The van der Waals surface area contributed by atoms with E-state index in [2.05, 4.69) is 9.64 Å². The SMILES string of the molecule is COC(=O)C1(O)CCN(c2ccccc2)CC1. The van der Waals surface area contributed by atoms with E-state index in [4.69, 9.17) is 0 Å². The van der Waals surface area contributed by atoms with Crippen LogP contribution in [0, 0.1) is 0 Å². The molecule has 1 aliphatic heterocycles. The Balaban J connectivity index is 2.01. The number of piperidine rings is 1. The van der Waals surface area contributed by atoms with Crippen molar-refractivity contribution in [3.8, 4) is 0 Å². The van der Waals surface area contributed by atoms with E-state index in [1.54, 1.807) is 0 Å². The van der Waals surface area contributed by atoms with Crippen LogP contribution in [0.2, 0.25) is 0 Å². The largest absolute Gasteiger partial charge is 0.467 e. The summed E-state index contributed by atoms with van der Waals surface area (Å²) in [4.78, 5) is 13.6. The number of benzene rings is 1. The van der Waals surface area contributed by atoms with Gasteiger partial charge in [-0.3, -0.25) is 0 Å². The van der Waals surface area contributed by atoms with Gasteiger partial charge in [-0.1, -0.05) is 18.2 Å². The molecule has 1 fully saturated rings. The highest BCUT2D eigenvalue weighted by molar-refractivity contribution is 5.79. The van der Waals surface area contributed by atoms with Gasteiger partial charge in [-0.15, -0.1) is 0 Å². The summed E-state index contributed by atoms with van der Waals surface area (Å²) in [5.74, 6) is -0.523. The van der Waals surface area contributed by atoms with Crippen LogP contribution < -0.4 is 4.90 Å². The Morgan fingerprint density at radius 3 is 2.41 bits per heavy atom. The smallest absolute Gasteiger partial charge is 0.337 e. The lowest BCUT2D eigenvalue weighted by Crippen LogP contribution is -2.50. The Hall–Kier alpha value is -1.55. The maximum atomic E-state index is 11.4. The first kappa shape index (κ1) is 11.9. The number of para-hydroxylation sites is 1. The predicted molar refractivity (Wildman–Crippen MR) is 64.9 cm³/mol. The van der Waals surface area contributed by atoms with Gasteiger partial charge in [-0.2, -0.15) is 0 Å². The zero-order valence-electron chi connectivity index (χ0n) is 9.93. The van der Waals surface area contributed by atoms with Crippen LogP contribution in [-0.4, -0.2) is 36.9 Å². The van der Waals surface area contributed by atoms with E-state index in [-0.39, 0.29) is 0 Å². The topological polar surface area (TPSA) is 49.8 Å². The van der Waals surface area contributed by atoms with Crippen molar-refractivity contribution in [2.24, 2.45) is 0 Å². The van der Waals surface area contributed by atoms with Crippen LogP contribution in [0.4, 0.5) is 5.69 Å². The summed E-state index contributed by atoms with van der Waals surface area (Å²) in [5, 5.41) is 10.1. The zero-order chi connectivity index (χ0) is 12.3. The summed E-state index contributed by atoms with van der Waals surface area (Å²) in [6.07, 6.45) is 0.823. The molecule has 1 heterocycles. The molecule has 0 spiro atoms. The summed E-state index contributed by atoms with van der Waals surface area (Å²) in [5.41, 5.74) is -0.181. The third kappa shape index (κ3) is 2.42. The summed E-state index contributed by atoms with van der Waals surface area (Å²) in [6.45, 7) is 1.32. The van der Waals surface area contributed by atoms with E-state index in [1.807, 2.05) is 30.3 Å². The molecule has 92 valence electrons. The minimum absolute atomic E-state index is 0.411. The number of ether oxygens (including phenoxy) is 1. The van der Waals surface area contributed by atoms with Gasteiger partial charge in [0.15, 0.2) is 5.60 Å². The van der Waals surface area contributed by atoms with Crippen LogP contribution in [0.25, 0.3) is 0 Å². The number of esters is 1. The van der Waals surface area contributed by atoms with Gasteiger partial charge in [0, 0.05) is 31.6 Å². The first-order valence-corrected chi connectivity index (χ1v) is 5.76. The van der Waals surface area contributed by atoms with Crippen LogP contribution in [-0.2, 0) is 9.53 Å². The molecule has 0 radical (unpaired) electrons. The van der Waals surface area contributed by atoms with Gasteiger partial charge in [0.25, 0.3) is 0 Å². The minimum atomic E-state index is -1.31. The lowest BCUT2D eigenvalue weighted by Gasteiger charge is -2.37. The van der Waals surface area contributed by atoms with Gasteiger partial charge >= 0.3 is 5.97 Å². The second-order valence-electron chi connectivity index (χ2n) is 4.35. The number of hydrogen-bond donors (Lipinski definition) is 1. The highest BCUT2D eigenvalue weighted by atomic mass is 16.5. The summed E-state index contributed by atoms with van der Waals surface area (Å²) in [7, 11) is 1.31. The van der Waals surface area contributed by atoms with Crippen LogP contribution in [0.5, 0.6) is 0 Å². The fourth-order valence-electron chi connectivity index (χ4n) is 2.17. The van der Waals surface area contributed by atoms with Gasteiger partial charge in [0.1, 0.15) is 0 Å². The average Bonchev–Trinajstić information content (AvgIpc) is 2.39. The molecule has 0 unspecified atom stereocenters. The normalized spacial score (nSPS) is 18.8. The molecular weight excluding hydrogens is 218 g/mol. The average molecular weight is 235 g/mol. The Labute approximate surface area is 101 Å². The number of anilines is 1. The summed E-state index contributed by atoms with van der Waals surface area (Å²) in [6, 6.07) is 10.00. The molecule has 0 saturated carbocycles. The Kier molecular flexibility index (Phi) is 3.33. The third-order valence-corrected chi connectivity index (χ3v) is 3.28. The van der Waals surface area contributed by atoms with Crippen molar-refractivity contribution in [1.82, 2.24) is 0 Å². The number of nitrogens with zero attached hydrogens (tertiary/aromatic N) is 1. The van der Waals surface area contributed by atoms with Crippen molar-refractivity contribution in [2.45, 2.75) is 18.4 Å². The van der Waals surface area contributed by atoms with Gasteiger partial charge in [0.2, 0.25) is 0 Å². The first-order chi connectivity index (χ1) is 8.15. The second kappa shape index (κ2) is 4.75. The van der Waals surface area contributed by atoms with Crippen LogP contribution in [0.15, 0.2) is 30.3 Å². The second-order valence-corrected chi connectivity index (χ2v) is 4.35. The number of carbonyl (C=O) groups is 1. The molecule has 0 aromatic heterocycles. The number of rotatable bonds is 2. The van der Waals surface area contributed by atoms with Gasteiger partial charge in [-0.25, -0.2) is 4.79 Å². The molecule has 0 amide bonds. The van der Waals surface area contributed by atoms with Gasteiger partial charge in [-0.05, 0) is 12.1 Å². The fourth-order valence-corrected chi connectivity index (χ4v) is 2.17. The molecule has 0 aliphatic carbocycles. The molecule has 1 aliphatic rings. The van der Waals surface area contributed by atoms with Crippen LogP contribution >= 0.6 is 0 Å². The molecule has 1 N–H and O–H groups in total. The molecule has 0 bridgehead atoms. The van der Waals surface area contributed by atoms with Crippen LogP contribution in [0.3, 0.4) is 0 Å². The number of carbonyl (C=O) groups excluding carboxylic acids is 1. The summed E-state index contributed by atoms with van der Waals surface area (Å²) < 4.78 is 4.63. The predicted octanol–water partition coefficient (Wildman–Crippen LogP) is 1.19. The molecule has 17 heavy (non-hydrogen) atoms. The number of aliphatic hydroxyl groups is 1. The number of methoxy groups -OCH3 is 1. The van der Waals surface area contributed by atoms with Crippen molar-refractivity contribution >= 4 is 11.7 Å². The molecule has 4 nitrogen and oxygen atoms in total. The lowest BCUT2D eigenvalue weighted by molar-refractivity contribution is -0.164.